The van der Waals surface area contributed by atoms with Gasteiger partial charge in [0.1, 0.15) is 11.2 Å². The van der Waals surface area contributed by atoms with Gasteiger partial charge in [-0.15, -0.1) is 0 Å². The second-order valence-corrected chi connectivity index (χ2v) is 9.84. The molecular weight excluding hydrogens is 402 g/mol. The summed E-state index contributed by atoms with van der Waals surface area (Å²) < 4.78 is 3.39. The van der Waals surface area contributed by atoms with Crippen molar-refractivity contribution < 1.29 is 4.79 Å². The van der Waals surface area contributed by atoms with Crippen molar-refractivity contribution >= 4 is 16.9 Å². The Morgan fingerprint density at radius 2 is 1.81 bits per heavy atom. The number of aromatic nitrogens is 4. The van der Waals surface area contributed by atoms with Crippen molar-refractivity contribution in [3.63, 3.8) is 0 Å². The minimum atomic E-state index is -0.261. The van der Waals surface area contributed by atoms with Gasteiger partial charge in [0, 0.05) is 26.1 Å². The summed E-state index contributed by atoms with van der Waals surface area (Å²) in [5, 5.41) is 4.88. The Kier molecular flexibility index (Phi) is 6.17. The number of fused-ring (bicyclic) bond motifs is 1. The summed E-state index contributed by atoms with van der Waals surface area (Å²) in [6, 6.07) is 10.6. The van der Waals surface area contributed by atoms with E-state index in [4.69, 9.17) is 0 Å². The molecule has 1 fully saturated rings. The summed E-state index contributed by atoms with van der Waals surface area (Å²) in [6.45, 7) is 9.84. The number of piperidine rings is 1. The van der Waals surface area contributed by atoms with Gasteiger partial charge in [-0.2, -0.15) is 5.10 Å². The minimum absolute atomic E-state index is 0.111. The summed E-state index contributed by atoms with van der Waals surface area (Å²) in [5.41, 5.74) is 1.58. The van der Waals surface area contributed by atoms with E-state index in [9.17, 15) is 9.59 Å². The Morgan fingerprint density at radius 3 is 2.47 bits per heavy atom. The van der Waals surface area contributed by atoms with Crippen molar-refractivity contribution in [1.29, 1.82) is 0 Å². The lowest BCUT2D eigenvalue weighted by molar-refractivity contribution is -0.132. The van der Waals surface area contributed by atoms with Crippen LogP contribution in [0.4, 0.5) is 0 Å². The topological polar surface area (TPSA) is 73.0 Å². The lowest BCUT2D eigenvalue weighted by Crippen LogP contribution is -2.39. The maximum atomic E-state index is 13.0. The number of carbonyl (C=O) groups is 1. The van der Waals surface area contributed by atoms with Crippen LogP contribution in [0.2, 0.25) is 0 Å². The summed E-state index contributed by atoms with van der Waals surface area (Å²) in [6.07, 6.45) is 5.03. The van der Waals surface area contributed by atoms with Gasteiger partial charge >= 0.3 is 0 Å². The number of rotatable bonds is 5. The van der Waals surface area contributed by atoms with Crippen LogP contribution in [0.5, 0.6) is 0 Å². The first-order valence-electron chi connectivity index (χ1n) is 11.5. The number of nitrogens with zero attached hydrogens (tertiary/aromatic N) is 5. The van der Waals surface area contributed by atoms with Gasteiger partial charge in [0.25, 0.3) is 5.56 Å². The van der Waals surface area contributed by atoms with E-state index in [1.54, 1.807) is 15.4 Å². The smallest absolute Gasteiger partial charge is 0.264 e. The fourth-order valence-corrected chi connectivity index (χ4v) is 4.56. The van der Waals surface area contributed by atoms with E-state index in [0.29, 0.717) is 35.7 Å². The van der Waals surface area contributed by atoms with Crippen LogP contribution in [-0.4, -0.2) is 43.2 Å². The van der Waals surface area contributed by atoms with Crippen LogP contribution in [-0.2, 0) is 23.3 Å². The fourth-order valence-electron chi connectivity index (χ4n) is 4.56. The van der Waals surface area contributed by atoms with Gasteiger partial charge < -0.3 is 4.90 Å². The predicted molar refractivity (Wildman–Crippen MR) is 126 cm³/mol. The van der Waals surface area contributed by atoms with Crippen molar-refractivity contribution in [2.45, 2.75) is 65.5 Å². The van der Waals surface area contributed by atoms with E-state index in [2.05, 4.69) is 34.3 Å². The quantitative estimate of drug-likeness (QED) is 0.615. The van der Waals surface area contributed by atoms with Gasteiger partial charge in [-0.25, -0.2) is 9.67 Å². The van der Waals surface area contributed by atoms with Gasteiger partial charge in [-0.1, -0.05) is 30.3 Å². The number of hydrogen-bond donors (Lipinski definition) is 0. The zero-order valence-electron chi connectivity index (χ0n) is 19.5. The molecule has 7 heteroatoms. The highest BCUT2D eigenvalue weighted by molar-refractivity contribution is 5.76. The van der Waals surface area contributed by atoms with Crippen LogP contribution >= 0.6 is 0 Å². The Labute approximate surface area is 189 Å². The van der Waals surface area contributed by atoms with E-state index < -0.39 is 0 Å². The highest BCUT2D eigenvalue weighted by Crippen LogP contribution is 2.22. The van der Waals surface area contributed by atoms with Crippen LogP contribution < -0.4 is 5.56 Å². The molecule has 0 unspecified atom stereocenters. The molecule has 170 valence electrons. The van der Waals surface area contributed by atoms with E-state index >= 15 is 0 Å². The standard InChI is InChI=1S/C25H33N5O2/c1-18-27-23-21(17-26-30(23)25(2,3)4)24(32)29(18)15-12-22(31)28-13-10-20(11-14-28)16-19-8-6-5-7-9-19/h5-9,17,20H,10-16H2,1-4H3. The summed E-state index contributed by atoms with van der Waals surface area (Å²) in [5.74, 6) is 1.35. The molecule has 4 rings (SSSR count). The van der Waals surface area contributed by atoms with E-state index in [1.807, 2.05) is 38.7 Å². The van der Waals surface area contributed by atoms with Crippen LogP contribution in [0.1, 0.15) is 51.4 Å². The zero-order valence-corrected chi connectivity index (χ0v) is 19.5. The molecule has 3 heterocycles. The van der Waals surface area contributed by atoms with E-state index in [-0.39, 0.29) is 17.0 Å². The van der Waals surface area contributed by atoms with Gasteiger partial charge in [-0.3, -0.25) is 14.2 Å². The Morgan fingerprint density at radius 1 is 1.12 bits per heavy atom. The number of hydrogen-bond acceptors (Lipinski definition) is 4. The van der Waals surface area contributed by atoms with Crippen molar-refractivity contribution in [2.24, 2.45) is 5.92 Å². The maximum Gasteiger partial charge on any atom is 0.264 e. The lowest BCUT2D eigenvalue weighted by atomic mass is 9.90. The first-order chi connectivity index (χ1) is 15.2. The highest BCUT2D eigenvalue weighted by Gasteiger charge is 2.24. The SMILES string of the molecule is Cc1nc2c(cnn2C(C)(C)C)c(=O)n1CCC(=O)N1CCC(Cc2ccccc2)CC1. The van der Waals surface area contributed by atoms with Gasteiger partial charge in [0.05, 0.1) is 11.7 Å². The zero-order chi connectivity index (χ0) is 22.9. The molecule has 1 aromatic carbocycles. The van der Waals surface area contributed by atoms with Crippen LogP contribution in [0, 0.1) is 12.8 Å². The Hall–Kier alpha value is -2.96. The van der Waals surface area contributed by atoms with Gasteiger partial charge in [0.2, 0.25) is 5.91 Å². The molecule has 0 aliphatic carbocycles. The van der Waals surface area contributed by atoms with Crippen molar-refractivity contribution in [2.75, 3.05) is 13.1 Å². The second-order valence-electron chi connectivity index (χ2n) is 9.84. The average Bonchev–Trinajstić information content (AvgIpc) is 3.19. The normalized spacial score (nSPS) is 15.4. The van der Waals surface area contributed by atoms with E-state index in [0.717, 1.165) is 32.4 Å². The monoisotopic (exact) mass is 435 g/mol. The highest BCUT2D eigenvalue weighted by atomic mass is 16.2. The molecule has 3 aromatic rings. The number of likely N-dealkylation sites (tertiary alicyclic amines) is 1. The third-order valence-electron chi connectivity index (χ3n) is 6.40. The molecule has 1 aliphatic heterocycles. The Balaban J connectivity index is 1.38. The first kappa shape index (κ1) is 22.2. The van der Waals surface area contributed by atoms with Crippen molar-refractivity contribution in [3.05, 3.63) is 58.3 Å². The largest absolute Gasteiger partial charge is 0.343 e. The van der Waals surface area contributed by atoms with Gasteiger partial charge in [-0.05, 0) is 58.4 Å². The molecule has 1 amide bonds. The van der Waals surface area contributed by atoms with Crippen LogP contribution in [0.3, 0.4) is 0 Å². The second kappa shape index (κ2) is 8.88. The molecule has 0 saturated carbocycles. The molecule has 1 saturated heterocycles. The molecule has 0 N–H and O–H groups in total. The molecule has 0 atom stereocenters. The molecule has 0 radical (unpaired) electrons. The summed E-state index contributed by atoms with van der Waals surface area (Å²) in [7, 11) is 0. The molecular formula is C25H33N5O2. The van der Waals surface area contributed by atoms with Crippen LogP contribution in [0.25, 0.3) is 11.0 Å². The third-order valence-corrected chi connectivity index (χ3v) is 6.40. The summed E-state index contributed by atoms with van der Waals surface area (Å²) in [4.78, 5) is 32.5. The maximum absolute atomic E-state index is 13.0. The molecule has 0 spiro atoms. The fraction of sp³-hybridized carbons (Fsp3) is 0.520. The minimum Gasteiger partial charge on any atom is -0.343 e. The number of benzene rings is 1. The lowest BCUT2D eigenvalue weighted by Gasteiger charge is -2.32. The van der Waals surface area contributed by atoms with Crippen molar-refractivity contribution in [3.8, 4) is 0 Å². The van der Waals surface area contributed by atoms with E-state index in [1.165, 1.54) is 5.56 Å². The number of carbonyl (C=O) groups excluding carboxylic acids is 1. The molecule has 2 aromatic heterocycles. The molecule has 7 nitrogen and oxygen atoms in total. The summed E-state index contributed by atoms with van der Waals surface area (Å²) >= 11 is 0. The number of amides is 1. The third kappa shape index (κ3) is 4.61. The van der Waals surface area contributed by atoms with Gasteiger partial charge in [0.15, 0.2) is 5.65 Å². The predicted octanol–water partition coefficient (Wildman–Crippen LogP) is 3.53. The Bertz CT molecular complexity index is 1150. The number of aryl methyl sites for hydroxylation is 1. The average molecular weight is 436 g/mol. The molecule has 32 heavy (non-hydrogen) atoms. The van der Waals surface area contributed by atoms with Crippen molar-refractivity contribution in [1.82, 2.24) is 24.2 Å². The molecule has 1 aliphatic rings. The molecule has 0 bridgehead atoms. The van der Waals surface area contributed by atoms with Crippen LogP contribution in [0.15, 0.2) is 41.3 Å². The first-order valence-corrected chi connectivity index (χ1v) is 11.5.